The Balaban J connectivity index is 2.30. The van der Waals surface area contributed by atoms with Gasteiger partial charge in [-0.1, -0.05) is 0 Å². The van der Waals surface area contributed by atoms with E-state index in [1.165, 1.54) is 12.0 Å². The second kappa shape index (κ2) is 4.06. The Kier molecular flexibility index (Phi) is 3.04. The molecule has 68 valence electrons. The normalized spacial score (nSPS) is 16.8. The van der Waals surface area contributed by atoms with Gasteiger partial charge in [-0.2, -0.15) is 0 Å². The van der Waals surface area contributed by atoms with E-state index in [4.69, 9.17) is 0 Å². The predicted octanol–water partition coefficient (Wildman–Crippen LogP) is -0.714. The first kappa shape index (κ1) is 8.99. The SMILES string of the molecule is CONC(=O)CN1CCCC1=O. The summed E-state index contributed by atoms with van der Waals surface area (Å²) in [6.07, 6.45) is 1.40. The minimum absolute atomic E-state index is 0.0428. The molecule has 1 aliphatic heterocycles. The Morgan fingerprint density at radius 3 is 3.00 bits per heavy atom. The maximum atomic E-state index is 11.0. The van der Waals surface area contributed by atoms with Crippen LogP contribution in [-0.2, 0) is 14.4 Å². The number of hydroxylamine groups is 1. The van der Waals surface area contributed by atoms with Gasteiger partial charge in [-0.3, -0.25) is 14.4 Å². The summed E-state index contributed by atoms with van der Waals surface area (Å²) in [6.45, 7) is 0.780. The van der Waals surface area contributed by atoms with Gasteiger partial charge in [0, 0.05) is 13.0 Å². The molecule has 1 aliphatic rings. The number of nitrogens with one attached hydrogen (secondary N) is 1. The lowest BCUT2D eigenvalue weighted by molar-refractivity contribution is -0.138. The summed E-state index contributed by atoms with van der Waals surface area (Å²) in [5.74, 6) is -0.242. The summed E-state index contributed by atoms with van der Waals surface area (Å²) >= 11 is 0. The third kappa shape index (κ3) is 2.20. The molecule has 5 heteroatoms. The summed E-state index contributed by atoms with van der Waals surface area (Å²) in [6, 6.07) is 0. The van der Waals surface area contributed by atoms with Crippen molar-refractivity contribution >= 4 is 11.8 Å². The molecule has 0 aromatic carbocycles. The average Bonchev–Trinajstić information content (AvgIpc) is 2.37. The summed E-state index contributed by atoms with van der Waals surface area (Å²) in [4.78, 5) is 27.9. The van der Waals surface area contributed by atoms with Crippen molar-refractivity contribution in [3.63, 3.8) is 0 Å². The largest absolute Gasteiger partial charge is 0.333 e. The monoisotopic (exact) mass is 172 g/mol. The first-order valence-electron chi connectivity index (χ1n) is 3.83. The molecule has 0 aliphatic carbocycles. The van der Waals surface area contributed by atoms with E-state index in [1.807, 2.05) is 0 Å². The number of carbonyl (C=O) groups is 2. The van der Waals surface area contributed by atoms with E-state index in [9.17, 15) is 9.59 Å². The Labute approximate surface area is 70.6 Å². The number of carbonyl (C=O) groups excluding carboxylic acids is 2. The molecule has 5 nitrogen and oxygen atoms in total. The van der Waals surface area contributed by atoms with Gasteiger partial charge in [-0.25, -0.2) is 5.48 Å². The Morgan fingerprint density at radius 2 is 2.50 bits per heavy atom. The highest BCUT2D eigenvalue weighted by molar-refractivity contribution is 5.85. The number of nitrogens with zero attached hydrogens (tertiary/aromatic N) is 1. The Morgan fingerprint density at radius 1 is 1.75 bits per heavy atom. The average molecular weight is 172 g/mol. The lowest BCUT2D eigenvalue weighted by Crippen LogP contribution is -2.37. The van der Waals surface area contributed by atoms with Crippen molar-refractivity contribution in [2.45, 2.75) is 12.8 Å². The third-order valence-electron chi connectivity index (χ3n) is 1.72. The zero-order valence-electron chi connectivity index (χ0n) is 7.00. The van der Waals surface area contributed by atoms with Crippen LogP contribution in [0.5, 0.6) is 0 Å². The van der Waals surface area contributed by atoms with Crippen LogP contribution in [0, 0.1) is 0 Å². The molecule has 0 saturated carbocycles. The van der Waals surface area contributed by atoms with Gasteiger partial charge < -0.3 is 4.90 Å². The fourth-order valence-electron chi connectivity index (χ4n) is 1.19. The maximum Gasteiger partial charge on any atom is 0.263 e. The van der Waals surface area contributed by atoms with Crippen LogP contribution in [0.1, 0.15) is 12.8 Å². The van der Waals surface area contributed by atoms with E-state index < -0.39 is 0 Å². The summed E-state index contributed by atoms with van der Waals surface area (Å²) < 4.78 is 0. The van der Waals surface area contributed by atoms with Gasteiger partial charge in [-0.05, 0) is 6.42 Å². The van der Waals surface area contributed by atoms with Crippen LogP contribution < -0.4 is 5.48 Å². The van der Waals surface area contributed by atoms with Crippen LogP contribution in [0.2, 0.25) is 0 Å². The van der Waals surface area contributed by atoms with Crippen molar-refractivity contribution in [1.29, 1.82) is 0 Å². The number of amides is 2. The molecule has 0 atom stereocenters. The molecule has 1 saturated heterocycles. The van der Waals surface area contributed by atoms with Crippen LogP contribution in [0.25, 0.3) is 0 Å². The number of hydrogen-bond donors (Lipinski definition) is 1. The van der Waals surface area contributed by atoms with Gasteiger partial charge in [0.1, 0.15) is 6.54 Å². The molecule has 0 unspecified atom stereocenters. The van der Waals surface area contributed by atoms with E-state index in [0.29, 0.717) is 13.0 Å². The Hall–Kier alpha value is -1.10. The van der Waals surface area contributed by atoms with Gasteiger partial charge in [0.2, 0.25) is 5.91 Å². The number of likely N-dealkylation sites (tertiary alicyclic amines) is 1. The zero-order chi connectivity index (χ0) is 8.97. The van der Waals surface area contributed by atoms with Crippen LogP contribution in [0.15, 0.2) is 0 Å². The third-order valence-corrected chi connectivity index (χ3v) is 1.72. The van der Waals surface area contributed by atoms with Gasteiger partial charge in [0.15, 0.2) is 0 Å². The molecule has 1 heterocycles. The van der Waals surface area contributed by atoms with Crippen molar-refractivity contribution in [1.82, 2.24) is 10.4 Å². The van der Waals surface area contributed by atoms with Crippen molar-refractivity contribution in [3.05, 3.63) is 0 Å². The van der Waals surface area contributed by atoms with Crippen molar-refractivity contribution in [2.75, 3.05) is 20.2 Å². The molecular formula is C7H12N2O3. The van der Waals surface area contributed by atoms with Crippen molar-refractivity contribution < 1.29 is 14.4 Å². The van der Waals surface area contributed by atoms with Crippen LogP contribution >= 0.6 is 0 Å². The van der Waals surface area contributed by atoms with E-state index in [-0.39, 0.29) is 18.4 Å². The topological polar surface area (TPSA) is 58.6 Å². The Bertz CT molecular complexity index is 193. The first-order chi connectivity index (χ1) is 5.74. The summed E-state index contributed by atoms with van der Waals surface area (Å²) in [5, 5.41) is 0. The van der Waals surface area contributed by atoms with Crippen LogP contribution in [0.3, 0.4) is 0 Å². The van der Waals surface area contributed by atoms with Crippen LogP contribution in [-0.4, -0.2) is 36.9 Å². The molecule has 0 spiro atoms. The summed E-state index contributed by atoms with van der Waals surface area (Å²) in [5.41, 5.74) is 2.16. The molecule has 0 aromatic heterocycles. The van der Waals surface area contributed by atoms with Gasteiger partial charge in [0.05, 0.1) is 7.11 Å². The molecule has 1 rings (SSSR count). The minimum Gasteiger partial charge on any atom is -0.333 e. The molecule has 0 radical (unpaired) electrons. The van der Waals surface area contributed by atoms with Crippen molar-refractivity contribution in [2.24, 2.45) is 0 Å². The number of hydrogen-bond acceptors (Lipinski definition) is 3. The minimum atomic E-state index is -0.284. The first-order valence-corrected chi connectivity index (χ1v) is 3.83. The summed E-state index contributed by atoms with van der Waals surface area (Å²) in [7, 11) is 1.36. The predicted molar refractivity (Wildman–Crippen MR) is 41.0 cm³/mol. The van der Waals surface area contributed by atoms with Crippen molar-refractivity contribution in [3.8, 4) is 0 Å². The smallest absolute Gasteiger partial charge is 0.263 e. The highest BCUT2D eigenvalue weighted by Crippen LogP contribution is 2.08. The lowest BCUT2D eigenvalue weighted by Gasteiger charge is -2.13. The molecule has 0 aromatic rings. The van der Waals surface area contributed by atoms with Gasteiger partial charge >= 0.3 is 0 Å². The fraction of sp³-hybridized carbons (Fsp3) is 0.714. The number of rotatable bonds is 3. The highest BCUT2D eigenvalue weighted by Gasteiger charge is 2.21. The van der Waals surface area contributed by atoms with Crippen LogP contribution in [0.4, 0.5) is 0 Å². The van der Waals surface area contributed by atoms with E-state index >= 15 is 0 Å². The van der Waals surface area contributed by atoms with E-state index in [1.54, 1.807) is 0 Å². The van der Waals surface area contributed by atoms with E-state index in [2.05, 4.69) is 10.3 Å². The maximum absolute atomic E-state index is 11.0. The molecule has 0 bridgehead atoms. The second-order valence-corrected chi connectivity index (χ2v) is 2.65. The molecular weight excluding hydrogens is 160 g/mol. The molecule has 2 amide bonds. The fourth-order valence-corrected chi connectivity index (χ4v) is 1.19. The standard InChI is InChI=1S/C7H12N2O3/c1-12-8-6(10)5-9-4-2-3-7(9)11/h2-5H2,1H3,(H,8,10). The van der Waals surface area contributed by atoms with Gasteiger partial charge in [0.25, 0.3) is 5.91 Å². The molecule has 1 fully saturated rings. The van der Waals surface area contributed by atoms with E-state index in [0.717, 1.165) is 6.42 Å². The quantitative estimate of drug-likeness (QED) is 0.572. The zero-order valence-corrected chi connectivity index (χ0v) is 7.00. The molecule has 12 heavy (non-hydrogen) atoms. The highest BCUT2D eigenvalue weighted by atomic mass is 16.6. The molecule has 1 N–H and O–H groups in total. The lowest BCUT2D eigenvalue weighted by atomic mass is 10.4. The second-order valence-electron chi connectivity index (χ2n) is 2.65. The van der Waals surface area contributed by atoms with Gasteiger partial charge in [-0.15, -0.1) is 0 Å².